The first-order valence-corrected chi connectivity index (χ1v) is 9.42. The Balaban J connectivity index is 2.01. The third-order valence-electron chi connectivity index (χ3n) is 4.34. The lowest BCUT2D eigenvalue weighted by molar-refractivity contribution is -0.122. The van der Waals surface area contributed by atoms with Gasteiger partial charge in [-0.15, -0.1) is 0 Å². The van der Waals surface area contributed by atoms with Crippen LogP contribution >= 0.6 is 0 Å². The van der Waals surface area contributed by atoms with Gasteiger partial charge in [0.2, 0.25) is 11.8 Å². The molecular weight excluding hydrogens is 364 g/mol. The fourth-order valence-electron chi connectivity index (χ4n) is 2.71. The SMILES string of the molecule is CCOC(=O)c1cc(NC(=O)CCNC(=O)C2CC2C)cc(C(=O)OCC)c1. The minimum absolute atomic E-state index is 0.0331. The molecule has 8 nitrogen and oxygen atoms in total. The van der Waals surface area contributed by atoms with Gasteiger partial charge in [0.05, 0.1) is 24.3 Å². The van der Waals surface area contributed by atoms with Gasteiger partial charge in [-0.2, -0.15) is 0 Å². The fraction of sp³-hybridized carbons (Fsp3) is 0.500. The van der Waals surface area contributed by atoms with Gasteiger partial charge in [0.1, 0.15) is 0 Å². The lowest BCUT2D eigenvalue weighted by Gasteiger charge is -2.11. The highest BCUT2D eigenvalue weighted by molar-refractivity contribution is 5.99. The minimum Gasteiger partial charge on any atom is -0.462 e. The molecule has 2 atom stereocenters. The van der Waals surface area contributed by atoms with Gasteiger partial charge in [-0.3, -0.25) is 9.59 Å². The molecule has 1 aliphatic rings. The largest absolute Gasteiger partial charge is 0.462 e. The summed E-state index contributed by atoms with van der Waals surface area (Å²) in [5, 5.41) is 5.37. The molecule has 0 spiro atoms. The Morgan fingerprint density at radius 3 is 2.00 bits per heavy atom. The summed E-state index contributed by atoms with van der Waals surface area (Å²) in [6, 6.07) is 4.23. The second-order valence-corrected chi connectivity index (χ2v) is 6.65. The first-order chi connectivity index (χ1) is 13.3. The smallest absolute Gasteiger partial charge is 0.338 e. The summed E-state index contributed by atoms with van der Waals surface area (Å²) in [5.41, 5.74) is 0.554. The van der Waals surface area contributed by atoms with Crippen LogP contribution in [0.2, 0.25) is 0 Å². The Kier molecular flexibility index (Phi) is 7.54. The van der Waals surface area contributed by atoms with Crippen LogP contribution in [0.1, 0.15) is 54.3 Å². The third-order valence-corrected chi connectivity index (χ3v) is 4.34. The topological polar surface area (TPSA) is 111 Å². The molecule has 1 aromatic carbocycles. The average Bonchev–Trinajstić information content (AvgIpc) is 3.38. The number of benzene rings is 1. The van der Waals surface area contributed by atoms with Crippen molar-refractivity contribution in [3.8, 4) is 0 Å². The summed E-state index contributed by atoms with van der Waals surface area (Å²) >= 11 is 0. The molecule has 0 heterocycles. The maximum atomic E-state index is 12.2. The number of esters is 2. The third kappa shape index (κ3) is 6.07. The zero-order valence-corrected chi connectivity index (χ0v) is 16.4. The van der Waals surface area contributed by atoms with Crippen molar-refractivity contribution in [3.05, 3.63) is 29.3 Å². The number of ether oxygens (including phenoxy) is 2. The van der Waals surface area contributed by atoms with Crippen LogP contribution in [-0.4, -0.2) is 43.5 Å². The summed E-state index contributed by atoms with van der Waals surface area (Å²) in [5.74, 6) is -1.13. The van der Waals surface area contributed by atoms with Crippen LogP contribution in [0.3, 0.4) is 0 Å². The first kappa shape index (κ1) is 21.4. The van der Waals surface area contributed by atoms with Crippen molar-refractivity contribution in [2.45, 2.75) is 33.6 Å². The molecule has 1 aromatic rings. The van der Waals surface area contributed by atoms with E-state index in [1.54, 1.807) is 13.8 Å². The highest BCUT2D eigenvalue weighted by Crippen LogP contribution is 2.37. The van der Waals surface area contributed by atoms with Crippen LogP contribution < -0.4 is 10.6 Å². The van der Waals surface area contributed by atoms with Gasteiger partial charge in [-0.25, -0.2) is 9.59 Å². The summed E-state index contributed by atoms with van der Waals surface area (Å²) in [7, 11) is 0. The molecule has 0 bridgehead atoms. The minimum atomic E-state index is -0.602. The average molecular weight is 390 g/mol. The van der Waals surface area contributed by atoms with E-state index in [2.05, 4.69) is 10.6 Å². The molecule has 0 saturated heterocycles. The van der Waals surface area contributed by atoms with Gasteiger partial charge < -0.3 is 20.1 Å². The Morgan fingerprint density at radius 2 is 1.54 bits per heavy atom. The molecule has 1 saturated carbocycles. The summed E-state index contributed by atoms with van der Waals surface area (Å²) < 4.78 is 9.92. The number of anilines is 1. The van der Waals surface area contributed by atoms with Gasteiger partial charge in [0.15, 0.2) is 0 Å². The maximum absolute atomic E-state index is 12.2. The van der Waals surface area contributed by atoms with Gasteiger partial charge in [0, 0.05) is 24.6 Å². The molecule has 1 aliphatic carbocycles. The quantitative estimate of drug-likeness (QED) is 0.625. The van der Waals surface area contributed by atoms with Gasteiger partial charge in [-0.05, 0) is 44.4 Å². The van der Waals surface area contributed by atoms with E-state index in [1.165, 1.54) is 18.2 Å². The number of amides is 2. The van der Waals surface area contributed by atoms with E-state index >= 15 is 0 Å². The lowest BCUT2D eigenvalue weighted by atomic mass is 10.1. The van der Waals surface area contributed by atoms with Gasteiger partial charge >= 0.3 is 11.9 Å². The predicted molar refractivity (Wildman–Crippen MR) is 102 cm³/mol. The van der Waals surface area contributed by atoms with E-state index in [-0.39, 0.29) is 60.7 Å². The molecule has 152 valence electrons. The van der Waals surface area contributed by atoms with E-state index in [0.717, 1.165) is 6.42 Å². The highest BCUT2D eigenvalue weighted by atomic mass is 16.5. The number of hydrogen-bond acceptors (Lipinski definition) is 6. The van der Waals surface area contributed by atoms with Crippen molar-refractivity contribution < 1.29 is 28.7 Å². The molecule has 0 radical (unpaired) electrons. The molecule has 2 amide bonds. The predicted octanol–water partition coefficient (Wildman–Crippen LogP) is 2.14. The molecule has 2 N–H and O–H groups in total. The Labute approximate surface area is 164 Å². The van der Waals surface area contributed by atoms with Crippen molar-refractivity contribution in [2.24, 2.45) is 11.8 Å². The maximum Gasteiger partial charge on any atom is 0.338 e. The van der Waals surface area contributed by atoms with Crippen molar-refractivity contribution in [1.29, 1.82) is 0 Å². The van der Waals surface area contributed by atoms with Crippen LogP contribution in [0, 0.1) is 11.8 Å². The number of hydrogen-bond donors (Lipinski definition) is 2. The molecule has 0 aromatic heterocycles. The zero-order chi connectivity index (χ0) is 20.7. The van der Waals surface area contributed by atoms with Crippen LogP contribution in [0.5, 0.6) is 0 Å². The second-order valence-electron chi connectivity index (χ2n) is 6.65. The van der Waals surface area contributed by atoms with Gasteiger partial charge in [0.25, 0.3) is 0 Å². The van der Waals surface area contributed by atoms with Crippen LogP contribution in [-0.2, 0) is 19.1 Å². The van der Waals surface area contributed by atoms with E-state index in [1.807, 2.05) is 6.92 Å². The van der Waals surface area contributed by atoms with Crippen LogP contribution in [0.25, 0.3) is 0 Å². The monoisotopic (exact) mass is 390 g/mol. The number of carbonyl (C=O) groups is 4. The molecule has 28 heavy (non-hydrogen) atoms. The van der Waals surface area contributed by atoms with Crippen molar-refractivity contribution in [2.75, 3.05) is 25.1 Å². The summed E-state index contributed by atoms with van der Waals surface area (Å²) in [4.78, 5) is 48.0. The summed E-state index contributed by atoms with van der Waals surface area (Å²) in [6.07, 6.45) is 0.959. The Morgan fingerprint density at radius 1 is 1.00 bits per heavy atom. The van der Waals surface area contributed by atoms with Crippen LogP contribution in [0.4, 0.5) is 5.69 Å². The zero-order valence-electron chi connectivity index (χ0n) is 16.4. The molecule has 8 heteroatoms. The first-order valence-electron chi connectivity index (χ1n) is 9.42. The summed E-state index contributed by atoms with van der Waals surface area (Å²) in [6.45, 7) is 5.94. The standard InChI is InChI=1S/C20H26N2O6/c1-4-27-19(25)13-9-14(20(26)28-5-2)11-15(10-13)22-17(23)6-7-21-18(24)16-8-12(16)3/h9-12,16H,4-8H2,1-3H3,(H,21,24)(H,22,23). The van der Waals surface area contributed by atoms with E-state index in [9.17, 15) is 19.2 Å². The van der Waals surface area contributed by atoms with Crippen molar-refractivity contribution in [1.82, 2.24) is 5.32 Å². The number of rotatable bonds is 9. The number of carbonyl (C=O) groups excluding carboxylic acids is 4. The van der Waals surface area contributed by atoms with Crippen molar-refractivity contribution >= 4 is 29.4 Å². The normalized spacial score (nSPS) is 17.4. The van der Waals surface area contributed by atoms with E-state index in [4.69, 9.17) is 9.47 Å². The van der Waals surface area contributed by atoms with E-state index < -0.39 is 11.9 Å². The molecular formula is C20H26N2O6. The van der Waals surface area contributed by atoms with Crippen molar-refractivity contribution in [3.63, 3.8) is 0 Å². The molecule has 0 aliphatic heterocycles. The molecule has 1 fully saturated rings. The lowest BCUT2D eigenvalue weighted by Crippen LogP contribution is -2.29. The fourth-order valence-corrected chi connectivity index (χ4v) is 2.71. The van der Waals surface area contributed by atoms with Gasteiger partial charge in [-0.1, -0.05) is 6.92 Å². The highest BCUT2D eigenvalue weighted by Gasteiger charge is 2.38. The molecule has 2 unspecified atom stereocenters. The Hall–Kier alpha value is -2.90. The second kappa shape index (κ2) is 9.87. The van der Waals surface area contributed by atoms with Crippen LogP contribution in [0.15, 0.2) is 18.2 Å². The molecule has 2 rings (SSSR count). The Bertz CT molecular complexity index is 725. The van der Waals surface area contributed by atoms with E-state index in [0.29, 0.717) is 5.92 Å². The number of nitrogens with one attached hydrogen (secondary N) is 2.